The van der Waals surface area contributed by atoms with Crippen molar-refractivity contribution in [2.24, 2.45) is 0 Å². The first-order valence-corrected chi connectivity index (χ1v) is 18.3. The van der Waals surface area contributed by atoms with E-state index in [4.69, 9.17) is 0 Å². The van der Waals surface area contributed by atoms with Crippen LogP contribution in [0.1, 0.15) is 10.4 Å². The lowest BCUT2D eigenvalue weighted by Gasteiger charge is -2.26. The highest BCUT2D eigenvalue weighted by molar-refractivity contribution is 7.26. The fourth-order valence-electron chi connectivity index (χ4n) is 7.36. The zero-order chi connectivity index (χ0) is 32.3. The number of anilines is 3. The summed E-state index contributed by atoms with van der Waals surface area (Å²) in [4.78, 5) is 3.83. The molecule has 10 rings (SSSR count). The van der Waals surface area contributed by atoms with Crippen LogP contribution < -0.4 is 10.2 Å². The summed E-state index contributed by atoms with van der Waals surface area (Å²) in [6.45, 7) is 0.903. The molecule has 2 aromatic heterocycles. The molecule has 0 saturated heterocycles. The van der Waals surface area contributed by atoms with Gasteiger partial charge in [-0.25, -0.2) is 0 Å². The van der Waals surface area contributed by atoms with Gasteiger partial charge in [-0.05, 0) is 93.3 Å². The van der Waals surface area contributed by atoms with Crippen molar-refractivity contribution in [2.45, 2.75) is 6.54 Å². The third-order valence-electron chi connectivity index (χ3n) is 9.75. The fraction of sp³-hybridized carbons (Fsp3) is 0.0222. The van der Waals surface area contributed by atoms with E-state index < -0.39 is 0 Å². The van der Waals surface area contributed by atoms with E-state index in [1.165, 1.54) is 79.4 Å². The summed E-state index contributed by atoms with van der Waals surface area (Å²) in [5.41, 5.74) is 9.75. The highest BCUT2D eigenvalue weighted by Gasteiger charge is 2.19. The molecule has 4 heteroatoms. The summed E-state index contributed by atoms with van der Waals surface area (Å²) in [6.07, 6.45) is 4.26. The van der Waals surface area contributed by atoms with Gasteiger partial charge in [0.15, 0.2) is 0 Å². The minimum atomic E-state index is 0.903. The fourth-order valence-corrected chi connectivity index (χ4v) is 9.75. The molecule has 0 aliphatic carbocycles. The zero-order valence-electron chi connectivity index (χ0n) is 26.6. The predicted octanol–water partition coefficient (Wildman–Crippen LogP) is 13.3. The van der Waals surface area contributed by atoms with Gasteiger partial charge in [0.1, 0.15) is 0 Å². The Labute approximate surface area is 292 Å². The molecule has 49 heavy (non-hydrogen) atoms. The van der Waals surface area contributed by atoms with Gasteiger partial charge in [0.25, 0.3) is 0 Å². The molecule has 7 aromatic carbocycles. The number of thiophene rings is 2. The summed E-state index contributed by atoms with van der Waals surface area (Å²) in [7, 11) is 0. The van der Waals surface area contributed by atoms with E-state index in [9.17, 15) is 0 Å². The van der Waals surface area contributed by atoms with Gasteiger partial charge < -0.3 is 10.2 Å². The maximum absolute atomic E-state index is 3.35. The van der Waals surface area contributed by atoms with E-state index in [0.29, 0.717) is 0 Å². The topological polar surface area (TPSA) is 15.3 Å². The zero-order valence-corrected chi connectivity index (χ0v) is 28.2. The lowest BCUT2D eigenvalue weighted by Crippen LogP contribution is -2.10. The van der Waals surface area contributed by atoms with Crippen molar-refractivity contribution in [1.29, 1.82) is 0 Å². The van der Waals surface area contributed by atoms with Gasteiger partial charge in [-0.1, -0.05) is 109 Å². The molecule has 232 valence electrons. The highest BCUT2D eigenvalue weighted by Crippen LogP contribution is 2.45. The van der Waals surface area contributed by atoms with Crippen LogP contribution in [0.25, 0.3) is 69.4 Å². The second-order valence-corrected chi connectivity index (χ2v) is 14.8. The van der Waals surface area contributed by atoms with Gasteiger partial charge in [0, 0.05) is 48.4 Å². The Morgan fingerprint density at radius 2 is 1.20 bits per heavy atom. The maximum atomic E-state index is 3.35. The maximum Gasteiger partial charge on any atom is 0.0640 e. The molecule has 1 aliphatic heterocycles. The van der Waals surface area contributed by atoms with Crippen molar-refractivity contribution in [1.82, 2.24) is 5.32 Å². The minimum Gasteiger partial charge on any atom is -0.386 e. The summed E-state index contributed by atoms with van der Waals surface area (Å²) < 4.78 is 3.94. The van der Waals surface area contributed by atoms with E-state index in [0.717, 1.165) is 17.9 Å². The monoisotopic (exact) mass is 662 g/mol. The van der Waals surface area contributed by atoms with Crippen molar-refractivity contribution in [3.8, 4) is 22.3 Å². The Morgan fingerprint density at radius 1 is 0.510 bits per heavy atom. The first-order valence-electron chi connectivity index (χ1n) is 16.6. The van der Waals surface area contributed by atoms with E-state index >= 15 is 0 Å². The largest absolute Gasteiger partial charge is 0.386 e. The molecule has 1 aliphatic rings. The van der Waals surface area contributed by atoms with Crippen LogP contribution in [-0.2, 0) is 6.54 Å². The lowest BCUT2D eigenvalue weighted by molar-refractivity contribution is 0.878. The van der Waals surface area contributed by atoms with Gasteiger partial charge in [-0.3, -0.25) is 0 Å². The van der Waals surface area contributed by atoms with Crippen molar-refractivity contribution < 1.29 is 0 Å². The Hall–Kier alpha value is -5.68. The minimum absolute atomic E-state index is 0.903. The molecule has 0 amide bonds. The highest BCUT2D eigenvalue weighted by atomic mass is 32.1. The third kappa shape index (κ3) is 4.75. The number of hydrogen-bond acceptors (Lipinski definition) is 4. The number of nitrogens with zero attached hydrogens (tertiary/aromatic N) is 1. The van der Waals surface area contributed by atoms with E-state index in [2.05, 4.69) is 174 Å². The average Bonchev–Trinajstić information content (AvgIpc) is 3.74. The Morgan fingerprint density at radius 3 is 2.06 bits per heavy atom. The molecule has 0 spiro atoms. The van der Waals surface area contributed by atoms with E-state index in [1.54, 1.807) is 0 Å². The standard InChI is InChI=1S/C45H30N2S2/c1-2-9-35-30(7-1)8-5-11-36(35)31-17-22-34(23-18-31)47(41-13-6-12-40-37-10-3-4-14-42(37)49-45(40)41)33-20-15-29(16-21-33)32-19-24-38-39-25-26-46-28-44(39)48-43(38)27-32/h1-27,46H,28H2. The second kappa shape index (κ2) is 11.5. The third-order valence-corrected chi connectivity index (χ3v) is 12.1. The predicted molar refractivity (Wildman–Crippen MR) is 214 cm³/mol. The summed E-state index contributed by atoms with van der Waals surface area (Å²) in [6, 6.07) is 55.7. The van der Waals surface area contributed by atoms with Crippen molar-refractivity contribution in [3.05, 3.63) is 168 Å². The van der Waals surface area contributed by atoms with Crippen LogP contribution in [0.3, 0.4) is 0 Å². The van der Waals surface area contributed by atoms with Gasteiger partial charge in [0.2, 0.25) is 0 Å². The number of nitrogens with one attached hydrogen (secondary N) is 1. The number of fused-ring (bicyclic) bond motifs is 7. The van der Waals surface area contributed by atoms with Crippen LogP contribution in [0, 0.1) is 0 Å². The Kier molecular flexibility index (Phi) is 6.64. The summed E-state index contributed by atoms with van der Waals surface area (Å²) in [5.74, 6) is 0. The molecule has 0 bridgehead atoms. The molecule has 0 atom stereocenters. The van der Waals surface area contributed by atoms with Crippen LogP contribution in [0.2, 0.25) is 0 Å². The lowest BCUT2D eigenvalue weighted by atomic mass is 9.98. The van der Waals surface area contributed by atoms with Crippen LogP contribution in [0.5, 0.6) is 0 Å². The quantitative estimate of drug-likeness (QED) is 0.197. The van der Waals surface area contributed by atoms with Crippen molar-refractivity contribution in [3.63, 3.8) is 0 Å². The van der Waals surface area contributed by atoms with Gasteiger partial charge in [0.05, 0.1) is 10.4 Å². The summed E-state index contributed by atoms with van der Waals surface area (Å²) in [5, 5.41) is 9.83. The van der Waals surface area contributed by atoms with Crippen molar-refractivity contribution >= 4 is 86.8 Å². The van der Waals surface area contributed by atoms with Crippen LogP contribution in [0.15, 0.2) is 158 Å². The number of rotatable bonds is 5. The van der Waals surface area contributed by atoms with Gasteiger partial charge in [-0.15, -0.1) is 22.7 Å². The first-order chi connectivity index (χ1) is 24.3. The van der Waals surface area contributed by atoms with Crippen LogP contribution in [0.4, 0.5) is 17.1 Å². The van der Waals surface area contributed by atoms with Gasteiger partial charge in [-0.2, -0.15) is 0 Å². The molecule has 1 N–H and O–H groups in total. The molecular formula is C45H30N2S2. The first kappa shape index (κ1) is 28.3. The molecule has 9 aromatic rings. The van der Waals surface area contributed by atoms with Crippen LogP contribution >= 0.6 is 22.7 Å². The van der Waals surface area contributed by atoms with E-state index in [1.807, 2.05) is 22.7 Å². The molecule has 0 saturated carbocycles. The SMILES string of the molecule is C1=Cc2c(sc3cc(-c4ccc(N(c5ccc(-c6cccc7ccccc67)cc5)c5cccc6c5sc5ccccc56)cc4)ccc23)CN1. The second-order valence-electron chi connectivity index (χ2n) is 12.6. The Bertz CT molecular complexity index is 2710. The molecule has 2 nitrogen and oxygen atoms in total. The van der Waals surface area contributed by atoms with Crippen LogP contribution in [-0.4, -0.2) is 0 Å². The van der Waals surface area contributed by atoms with Gasteiger partial charge >= 0.3 is 0 Å². The van der Waals surface area contributed by atoms with Crippen molar-refractivity contribution in [2.75, 3.05) is 4.90 Å². The molecule has 3 heterocycles. The smallest absolute Gasteiger partial charge is 0.0640 e. The Balaban J connectivity index is 1.09. The molecule has 0 unspecified atom stereocenters. The molecule has 0 radical (unpaired) electrons. The normalized spacial score (nSPS) is 12.5. The van der Waals surface area contributed by atoms with E-state index in [-0.39, 0.29) is 0 Å². The molecule has 0 fully saturated rings. The number of benzene rings is 7. The molecular weight excluding hydrogens is 633 g/mol. The average molecular weight is 663 g/mol. The summed E-state index contributed by atoms with van der Waals surface area (Å²) >= 11 is 3.76. The number of hydrogen-bond donors (Lipinski definition) is 1.